The van der Waals surface area contributed by atoms with Crippen LogP contribution in [0.1, 0.15) is 12.5 Å². The Bertz CT molecular complexity index is 590. The second-order valence-electron chi connectivity index (χ2n) is 4.39. The van der Waals surface area contributed by atoms with Gasteiger partial charge in [-0.2, -0.15) is 0 Å². The van der Waals surface area contributed by atoms with Gasteiger partial charge in [0.15, 0.2) is 9.84 Å². The molecule has 18 heavy (non-hydrogen) atoms. The van der Waals surface area contributed by atoms with E-state index in [0.717, 1.165) is 0 Å². The van der Waals surface area contributed by atoms with Crippen LogP contribution >= 0.6 is 0 Å². The molecule has 0 spiro atoms. The van der Waals surface area contributed by atoms with Gasteiger partial charge in [0.25, 0.3) is 0 Å². The predicted molar refractivity (Wildman–Crippen MR) is 64.5 cm³/mol. The molecule has 1 aliphatic heterocycles. The van der Waals surface area contributed by atoms with Gasteiger partial charge in [-0.15, -0.1) is 0 Å². The Hall–Kier alpha value is -1.56. The molecule has 2 atom stereocenters. The number of aliphatic carboxylic acids is 1. The van der Waals surface area contributed by atoms with Gasteiger partial charge in [-0.1, -0.05) is 6.92 Å². The summed E-state index contributed by atoms with van der Waals surface area (Å²) in [7, 11) is -2.05. The average Bonchev–Trinajstić information content (AvgIpc) is 2.59. The van der Waals surface area contributed by atoms with Gasteiger partial charge in [0.2, 0.25) is 0 Å². The van der Waals surface area contributed by atoms with Gasteiger partial charge >= 0.3 is 5.97 Å². The molecule has 0 amide bonds. The van der Waals surface area contributed by atoms with Crippen LogP contribution in [0.5, 0.6) is 5.75 Å². The van der Waals surface area contributed by atoms with Crippen molar-refractivity contribution in [2.24, 2.45) is 5.92 Å². The first-order chi connectivity index (χ1) is 8.37. The number of ether oxygens (including phenoxy) is 1. The Balaban J connectivity index is 2.47. The zero-order valence-electron chi connectivity index (χ0n) is 10.1. The molecule has 0 fully saturated rings. The number of hydrogen-bond acceptors (Lipinski definition) is 4. The van der Waals surface area contributed by atoms with Crippen molar-refractivity contribution in [3.63, 3.8) is 0 Å². The number of hydrogen-bond donors (Lipinski definition) is 1. The molecule has 1 aliphatic rings. The van der Waals surface area contributed by atoms with Gasteiger partial charge in [0, 0.05) is 0 Å². The number of sulfone groups is 1. The summed E-state index contributed by atoms with van der Waals surface area (Å²) in [5.41, 5.74) is 0.632. The first-order valence-corrected chi connectivity index (χ1v) is 7.06. The first-order valence-electron chi connectivity index (χ1n) is 5.51. The minimum atomic E-state index is -3.55. The van der Waals surface area contributed by atoms with Crippen molar-refractivity contribution in [3.8, 4) is 5.75 Å². The maximum atomic E-state index is 12.2. The standard InChI is InChI=1S/C12H14O5S/c1-7(12(13)14)11-6-8-5-9(17-2)3-4-10(8)18(11,15)16/h3-5,7,11H,6H2,1-2H3,(H,13,14). The largest absolute Gasteiger partial charge is 0.497 e. The molecule has 6 heteroatoms. The van der Waals surface area contributed by atoms with Crippen LogP contribution in [0.15, 0.2) is 23.1 Å². The molecule has 1 aromatic carbocycles. The minimum Gasteiger partial charge on any atom is -0.497 e. The maximum absolute atomic E-state index is 12.2. The highest BCUT2D eigenvalue weighted by Gasteiger charge is 2.42. The lowest BCUT2D eigenvalue weighted by molar-refractivity contribution is -0.141. The van der Waals surface area contributed by atoms with Crippen molar-refractivity contribution in [3.05, 3.63) is 23.8 Å². The molecule has 0 aliphatic carbocycles. The monoisotopic (exact) mass is 270 g/mol. The average molecular weight is 270 g/mol. The molecule has 2 rings (SSSR count). The van der Waals surface area contributed by atoms with Crippen LogP contribution in [-0.4, -0.2) is 31.9 Å². The maximum Gasteiger partial charge on any atom is 0.307 e. The third-order valence-electron chi connectivity index (χ3n) is 3.34. The van der Waals surface area contributed by atoms with E-state index in [1.165, 1.54) is 20.1 Å². The van der Waals surface area contributed by atoms with E-state index in [9.17, 15) is 13.2 Å². The number of carboxylic acid groups (broad SMARTS) is 1. The summed E-state index contributed by atoms with van der Waals surface area (Å²) < 4.78 is 29.5. The summed E-state index contributed by atoms with van der Waals surface area (Å²) in [4.78, 5) is 11.2. The molecule has 2 unspecified atom stereocenters. The summed E-state index contributed by atoms with van der Waals surface area (Å²) >= 11 is 0. The van der Waals surface area contributed by atoms with E-state index in [4.69, 9.17) is 9.84 Å². The summed E-state index contributed by atoms with van der Waals surface area (Å²) in [5, 5.41) is 8.07. The first kappa shape index (κ1) is 12.9. The molecule has 0 saturated carbocycles. The quantitative estimate of drug-likeness (QED) is 0.890. The fourth-order valence-electron chi connectivity index (χ4n) is 2.21. The van der Waals surface area contributed by atoms with Crippen LogP contribution in [-0.2, 0) is 21.1 Å². The number of fused-ring (bicyclic) bond motifs is 1. The van der Waals surface area contributed by atoms with E-state index in [-0.39, 0.29) is 11.3 Å². The Morgan fingerprint density at radius 1 is 1.50 bits per heavy atom. The molecule has 98 valence electrons. The SMILES string of the molecule is COc1ccc2c(c1)CC(C(C)C(=O)O)S2(=O)=O. The minimum absolute atomic E-state index is 0.224. The van der Waals surface area contributed by atoms with Crippen LogP contribution in [0.3, 0.4) is 0 Å². The van der Waals surface area contributed by atoms with Crippen molar-refractivity contribution in [1.29, 1.82) is 0 Å². The fourth-order valence-corrected chi connectivity index (χ4v) is 4.36. The summed E-state index contributed by atoms with van der Waals surface area (Å²) in [6.45, 7) is 1.42. The molecular formula is C12H14O5S. The number of carboxylic acids is 1. The number of methoxy groups -OCH3 is 1. The Morgan fingerprint density at radius 2 is 2.17 bits per heavy atom. The van der Waals surface area contributed by atoms with Gasteiger partial charge in [-0.3, -0.25) is 4.79 Å². The molecule has 1 aromatic rings. The highest BCUT2D eigenvalue weighted by atomic mass is 32.2. The molecule has 0 saturated heterocycles. The number of benzene rings is 1. The second-order valence-corrected chi connectivity index (χ2v) is 6.52. The van der Waals surface area contributed by atoms with Crippen LogP contribution in [0.25, 0.3) is 0 Å². The van der Waals surface area contributed by atoms with Gasteiger partial charge in [-0.05, 0) is 30.2 Å². The highest BCUT2D eigenvalue weighted by molar-refractivity contribution is 7.92. The molecule has 0 aromatic heterocycles. The van der Waals surface area contributed by atoms with E-state index >= 15 is 0 Å². The highest BCUT2D eigenvalue weighted by Crippen LogP contribution is 2.36. The lowest BCUT2D eigenvalue weighted by atomic mass is 10.0. The van der Waals surface area contributed by atoms with Crippen LogP contribution in [0.4, 0.5) is 0 Å². The van der Waals surface area contributed by atoms with Gasteiger partial charge < -0.3 is 9.84 Å². The molecule has 0 bridgehead atoms. The number of rotatable bonds is 3. The topological polar surface area (TPSA) is 80.7 Å². The molecular weight excluding hydrogens is 256 g/mol. The second kappa shape index (κ2) is 4.28. The van der Waals surface area contributed by atoms with Crippen LogP contribution < -0.4 is 4.74 Å². The Morgan fingerprint density at radius 3 is 2.72 bits per heavy atom. The number of carbonyl (C=O) groups is 1. The normalized spacial score (nSPS) is 22.2. The van der Waals surface area contributed by atoms with Gasteiger partial charge in [-0.25, -0.2) is 8.42 Å². The van der Waals surface area contributed by atoms with E-state index < -0.39 is 27.0 Å². The Kier molecular flexibility index (Phi) is 3.06. The van der Waals surface area contributed by atoms with Gasteiger partial charge in [0.05, 0.1) is 23.2 Å². The third kappa shape index (κ3) is 1.86. The molecule has 1 heterocycles. The van der Waals surface area contributed by atoms with E-state index in [1.807, 2.05) is 0 Å². The molecule has 5 nitrogen and oxygen atoms in total. The fraction of sp³-hybridized carbons (Fsp3) is 0.417. The molecule has 1 N–H and O–H groups in total. The van der Waals surface area contributed by atoms with Crippen LogP contribution in [0, 0.1) is 5.92 Å². The van der Waals surface area contributed by atoms with Crippen molar-refractivity contribution < 1.29 is 23.1 Å². The zero-order chi connectivity index (χ0) is 13.5. The van der Waals surface area contributed by atoms with Gasteiger partial charge in [0.1, 0.15) is 5.75 Å². The van der Waals surface area contributed by atoms with Crippen molar-refractivity contribution in [1.82, 2.24) is 0 Å². The summed E-state index contributed by atoms with van der Waals surface area (Å²) in [6.07, 6.45) is 0.225. The molecule has 0 radical (unpaired) electrons. The van der Waals surface area contributed by atoms with Crippen LogP contribution in [0.2, 0.25) is 0 Å². The summed E-state index contributed by atoms with van der Waals surface area (Å²) in [6, 6.07) is 4.71. The van der Waals surface area contributed by atoms with Crippen molar-refractivity contribution in [2.75, 3.05) is 7.11 Å². The third-order valence-corrected chi connectivity index (χ3v) is 5.72. The zero-order valence-corrected chi connectivity index (χ0v) is 10.9. The van der Waals surface area contributed by atoms with Crippen molar-refractivity contribution >= 4 is 15.8 Å². The van der Waals surface area contributed by atoms with E-state index in [1.54, 1.807) is 12.1 Å². The predicted octanol–water partition coefficient (Wildman–Crippen LogP) is 1.11. The van der Waals surface area contributed by atoms with Crippen molar-refractivity contribution in [2.45, 2.75) is 23.5 Å². The van der Waals surface area contributed by atoms with E-state index in [0.29, 0.717) is 11.3 Å². The summed E-state index contributed by atoms with van der Waals surface area (Å²) in [5.74, 6) is -1.44. The smallest absolute Gasteiger partial charge is 0.307 e. The van der Waals surface area contributed by atoms with E-state index in [2.05, 4.69) is 0 Å². The Labute approximate surface area is 105 Å². The lowest BCUT2D eigenvalue weighted by Gasteiger charge is -2.13. The lowest BCUT2D eigenvalue weighted by Crippen LogP contribution is -2.30.